The lowest BCUT2D eigenvalue weighted by Gasteiger charge is -2.16. The van der Waals surface area contributed by atoms with Gasteiger partial charge in [-0.25, -0.2) is 14.5 Å². The molecule has 8 heteroatoms. The van der Waals surface area contributed by atoms with E-state index in [1.54, 1.807) is 29.5 Å². The Labute approximate surface area is 162 Å². The van der Waals surface area contributed by atoms with Crippen molar-refractivity contribution < 1.29 is 9.84 Å². The average molecular weight is 381 g/mol. The average Bonchev–Trinajstić information content (AvgIpc) is 3.20. The Balaban J connectivity index is 2.27. The summed E-state index contributed by atoms with van der Waals surface area (Å²) in [4.78, 5) is 21.8. The van der Waals surface area contributed by atoms with Crippen molar-refractivity contribution in [1.29, 1.82) is 0 Å². The van der Waals surface area contributed by atoms with Crippen LogP contribution in [0.25, 0.3) is 16.7 Å². The zero-order valence-electron chi connectivity index (χ0n) is 15.9. The van der Waals surface area contributed by atoms with Crippen molar-refractivity contribution in [1.82, 2.24) is 19.1 Å². The van der Waals surface area contributed by atoms with Gasteiger partial charge in [-0.15, -0.1) is 0 Å². The zero-order chi connectivity index (χ0) is 20.1. The highest BCUT2D eigenvalue weighted by Gasteiger charge is 2.19. The maximum Gasteiger partial charge on any atom is 0.288 e. The molecule has 3 rings (SSSR count). The van der Waals surface area contributed by atoms with Crippen LogP contribution in [0.1, 0.15) is 19.4 Å². The molecule has 0 saturated carbocycles. The van der Waals surface area contributed by atoms with Gasteiger partial charge in [0.15, 0.2) is 5.65 Å². The monoisotopic (exact) mass is 381 g/mol. The van der Waals surface area contributed by atoms with Crippen molar-refractivity contribution in [3.63, 3.8) is 0 Å². The first-order valence-corrected chi connectivity index (χ1v) is 8.99. The molecule has 0 aliphatic heterocycles. The number of aliphatic hydroxyl groups is 1. The summed E-state index contributed by atoms with van der Waals surface area (Å²) in [6.07, 6.45) is 7.07. The third kappa shape index (κ3) is 4.12. The van der Waals surface area contributed by atoms with E-state index in [0.717, 1.165) is 10.9 Å². The summed E-state index contributed by atoms with van der Waals surface area (Å²) in [5.74, 6) is 2.82. The normalized spacial score (nSPS) is 13.1. The van der Waals surface area contributed by atoms with Crippen LogP contribution in [0.4, 0.5) is 0 Å². The van der Waals surface area contributed by atoms with Gasteiger partial charge in [-0.1, -0.05) is 5.92 Å². The number of ether oxygens (including phenoxy) is 1. The number of aromatic nitrogens is 4. The van der Waals surface area contributed by atoms with Crippen LogP contribution < -0.4 is 11.3 Å². The highest BCUT2D eigenvalue weighted by atomic mass is 16.6. The molecule has 28 heavy (non-hydrogen) atoms. The molecule has 146 valence electrons. The smallest absolute Gasteiger partial charge is 0.288 e. The summed E-state index contributed by atoms with van der Waals surface area (Å²) in [6.45, 7) is 3.65. The number of fused-ring (bicyclic) bond motifs is 1. The summed E-state index contributed by atoms with van der Waals surface area (Å²) in [5.41, 5.74) is 7.52. The van der Waals surface area contributed by atoms with E-state index in [1.165, 1.54) is 4.57 Å². The molecule has 0 amide bonds. The lowest BCUT2D eigenvalue weighted by molar-refractivity contribution is -0.00865. The number of hydrogen-bond acceptors (Lipinski definition) is 6. The minimum absolute atomic E-state index is 0.136. The van der Waals surface area contributed by atoms with Crippen LogP contribution in [0.5, 0.6) is 0 Å². The second-order valence-electron chi connectivity index (χ2n) is 6.65. The Morgan fingerprint density at radius 1 is 1.36 bits per heavy atom. The van der Waals surface area contributed by atoms with Gasteiger partial charge in [-0.2, -0.15) is 0 Å². The molecule has 0 fully saturated rings. The van der Waals surface area contributed by atoms with E-state index < -0.39 is 0 Å². The Morgan fingerprint density at radius 2 is 2.18 bits per heavy atom. The highest BCUT2D eigenvalue weighted by Crippen LogP contribution is 2.22. The summed E-state index contributed by atoms with van der Waals surface area (Å²) in [6, 6.07) is 6.51. The summed E-state index contributed by atoms with van der Waals surface area (Å²) < 4.78 is 8.01. The fourth-order valence-corrected chi connectivity index (χ4v) is 3.01. The molecule has 3 heterocycles. The second kappa shape index (κ2) is 8.80. The molecule has 0 aliphatic rings. The molecule has 0 saturated heterocycles. The first-order chi connectivity index (χ1) is 13.5. The highest BCUT2D eigenvalue weighted by molar-refractivity contribution is 5.83. The van der Waals surface area contributed by atoms with Gasteiger partial charge in [-0.3, -0.25) is 4.79 Å². The predicted octanol–water partition coefficient (Wildman–Crippen LogP) is 0.883. The van der Waals surface area contributed by atoms with Crippen molar-refractivity contribution in [2.45, 2.75) is 26.3 Å². The molecule has 1 unspecified atom stereocenters. The van der Waals surface area contributed by atoms with Gasteiger partial charge in [-0.05, 0) is 38.0 Å². The van der Waals surface area contributed by atoms with Gasteiger partial charge in [0.2, 0.25) is 0 Å². The molecule has 0 aliphatic carbocycles. The van der Waals surface area contributed by atoms with Crippen molar-refractivity contribution in [2.24, 2.45) is 11.7 Å². The largest absolute Gasteiger partial charge is 0.371 e. The molecule has 0 bridgehead atoms. The van der Waals surface area contributed by atoms with E-state index in [2.05, 4.69) is 21.9 Å². The van der Waals surface area contributed by atoms with Crippen molar-refractivity contribution in [2.75, 3.05) is 13.4 Å². The Hall–Kier alpha value is -2.99. The quantitative estimate of drug-likeness (QED) is 0.485. The SMILES string of the molecule is CC(N)Cc1c(-n2ccnc2)c(=O)n(C#C[C@@H](C)COCO)c2ncccc12. The topological polar surface area (TPSA) is 108 Å². The van der Waals surface area contributed by atoms with Crippen molar-refractivity contribution in [3.05, 3.63) is 53.0 Å². The lowest BCUT2D eigenvalue weighted by Crippen LogP contribution is -2.28. The first-order valence-electron chi connectivity index (χ1n) is 8.99. The van der Waals surface area contributed by atoms with Crippen LogP contribution in [0.15, 0.2) is 41.8 Å². The number of aliphatic hydroxyl groups excluding tert-OH is 1. The summed E-state index contributed by atoms with van der Waals surface area (Å²) >= 11 is 0. The van der Waals surface area contributed by atoms with Crippen molar-refractivity contribution >= 4 is 11.0 Å². The Kier molecular flexibility index (Phi) is 6.21. The van der Waals surface area contributed by atoms with Crippen molar-refractivity contribution in [3.8, 4) is 17.7 Å². The van der Waals surface area contributed by atoms with Crippen LogP contribution in [-0.4, -0.2) is 43.7 Å². The van der Waals surface area contributed by atoms with Crippen LogP contribution in [0.2, 0.25) is 0 Å². The Bertz CT molecular complexity index is 1060. The first kappa shape index (κ1) is 19.8. The number of imidazole rings is 1. The van der Waals surface area contributed by atoms with Gasteiger partial charge in [0.1, 0.15) is 12.5 Å². The van der Waals surface area contributed by atoms with E-state index in [1.807, 2.05) is 26.0 Å². The number of rotatable bonds is 6. The molecule has 0 aromatic carbocycles. The number of hydrogen-bond donors (Lipinski definition) is 2. The third-order valence-electron chi connectivity index (χ3n) is 4.19. The number of nitrogens with zero attached hydrogens (tertiary/aromatic N) is 4. The van der Waals surface area contributed by atoms with E-state index in [4.69, 9.17) is 15.6 Å². The number of pyridine rings is 2. The molecular weight excluding hydrogens is 358 g/mol. The molecule has 0 radical (unpaired) electrons. The van der Waals surface area contributed by atoms with Crippen LogP contribution in [0, 0.1) is 17.9 Å². The van der Waals surface area contributed by atoms with Gasteiger partial charge in [0.05, 0.1) is 12.9 Å². The molecule has 2 atom stereocenters. The summed E-state index contributed by atoms with van der Waals surface area (Å²) in [7, 11) is 0. The molecule has 3 aromatic heterocycles. The Morgan fingerprint density at radius 3 is 2.86 bits per heavy atom. The number of nitrogens with two attached hydrogens (primary N) is 1. The fourth-order valence-electron chi connectivity index (χ4n) is 3.01. The third-order valence-corrected chi connectivity index (χ3v) is 4.19. The standard InChI is InChI=1S/C20H23N5O3/c1-14(11-28-13-26)5-8-25-19-16(4-3-6-23-19)17(10-15(2)21)18(20(25)27)24-9-7-22-12-24/h3-4,6-7,9,12,14-15,26H,10-11,13,21H2,1-2H3/t14-,15?/m1/s1. The van der Waals surface area contributed by atoms with Gasteiger partial charge >= 0.3 is 0 Å². The molecular formula is C20H23N5O3. The maximum atomic E-state index is 13.4. The zero-order valence-corrected chi connectivity index (χ0v) is 15.9. The fraction of sp³-hybridized carbons (Fsp3) is 0.350. The second-order valence-corrected chi connectivity index (χ2v) is 6.65. The lowest BCUT2D eigenvalue weighted by atomic mass is 10.0. The van der Waals surface area contributed by atoms with Crippen LogP contribution in [-0.2, 0) is 11.2 Å². The minimum atomic E-state index is -0.368. The maximum absolute atomic E-state index is 13.4. The van der Waals surface area contributed by atoms with Gasteiger partial charge in [0.25, 0.3) is 5.56 Å². The van der Waals surface area contributed by atoms with Gasteiger partial charge in [0, 0.05) is 42.0 Å². The van der Waals surface area contributed by atoms with E-state index in [-0.39, 0.29) is 30.9 Å². The van der Waals surface area contributed by atoms with Crippen LogP contribution in [0.3, 0.4) is 0 Å². The molecule has 3 N–H and O–H groups in total. The molecule has 0 spiro atoms. The minimum Gasteiger partial charge on any atom is -0.371 e. The van der Waals surface area contributed by atoms with Crippen LogP contribution >= 0.6 is 0 Å². The van der Waals surface area contributed by atoms with E-state index in [9.17, 15) is 4.79 Å². The molecule has 8 nitrogen and oxygen atoms in total. The van der Waals surface area contributed by atoms with E-state index in [0.29, 0.717) is 17.8 Å². The van der Waals surface area contributed by atoms with E-state index >= 15 is 0 Å². The van der Waals surface area contributed by atoms with Gasteiger partial charge < -0.3 is 20.1 Å². The predicted molar refractivity (Wildman–Crippen MR) is 106 cm³/mol. The summed E-state index contributed by atoms with van der Waals surface area (Å²) in [5, 5.41) is 9.59. The molecule has 3 aromatic rings.